The van der Waals surface area contributed by atoms with Crippen LogP contribution in [0.2, 0.25) is 0 Å². The second-order valence-electron chi connectivity index (χ2n) is 10.8. The number of pyridine rings is 1. The van der Waals surface area contributed by atoms with Crippen LogP contribution in [0.3, 0.4) is 0 Å². The van der Waals surface area contributed by atoms with Gasteiger partial charge in [0.15, 0.2) is 23.1 Å². The smallest absolute Gasteiger partial charge is 0.165 e. The summed E-state index contributed by atoms with van der Waals surface area (Å²) in [4.78, 5) is 19.8. The van der Waals surface area contributed by atoms with Gasteiger partial charge >= 0.3 is 0 Å². The Balaban J connectivity index is 1.25. The average Bonchev–Trinajstić information content (AvgIpc) is 3.46. The van der Waals surface area contributed by atoms with E-state index in [9.17, 15) is 0 Å². The number of hydrogen-bond donors (Lipinski definition) is 0. The summed E-state index contributed by atoms with van der Waals surface area (Å²) >= 11 is 0. The zero-order chi connectivity index (χ0) is 28.3. The fourth-order valence-electron chi connectivity index (χ4n) is 5.95. The van der Waals surface area contributed by atoms with Gasteiger partial charge in [0.05, 0.1) is 5.39 Å². The molecule has 43 heavy (non-hydrogen) atoms. The summed E-state index contributed by atoms with van der Waals surface area (Å²) in [5.74, 6) is 1.75. The Morgan fingerprint density at radius 1 is 0.419 bits per heavy atom. The molecule has 9 aromatic rings. The van der Waals surface area contributed by atoms with E-state index in [1.54, 1.807) is 0 Å². The standard InChI is InChI=1S/C38H22N4O/c1-3-10-26-19-28(15-13-23(26)7-1)36-40-37(29-16-14-24-8-2-4-11-27(24)20-29)42-38(41-36)30-21-33-35(39-22-30)34-31-12-6-5-9-25(31)17-18-32(34)43-33/h1-22H. The summed E-state index contributed by atoms with van der Waals surface area (Å²) in [6.45, 7) is 0. The van der Waals surface area contributed by atoms with Crippen LogP contribution in [0.25, 0.3) is 88.5 Å². The van der Waals surface area contributed by atoms with Crippen molar-refractivity contribution in [2.75, 3.05) is 0 Å². The van der Waals surface area contributed by atoms with Crippen LogP contribution in [-0.2, 0) is 0 Å². The molecule has 0 spiro atoms. The Morgan fingerprint density at radius 3 is 1.60 bits per heavy atom. The predicted molar refractivity (Wildman–Crippen MR) is 174 cm³/mol. The fourth-order valence-corrected chi connectivity index (χ4v) is 5.95. The van der Waals surface area contributed by atoms with E-state index in [0.717, 1.165) is 54.7 Å². The number of benzene rings is 6. The quantitative estimate of drug-likeness (QED) is 0.219. The highest BCUT2D eigenvalue weighted by Crippen LogP contribution is 2.35. The average molecular weight is 551 g/mol. The van der Waals surface area contributed by atoms with Crippen LogP contribution in [0.1, 0.15) is 0 Å². The molecule has 9 rings (SSSR count). The van der Waals surface area contributed by atoms with Crippen molar-refractivity contribution in [3.8, 4) is 34.2 Å². The summed E-state index contributed by atoms with van der Waals surface area (Å²) in [7, 11) is 0. The first kappa shape index (κ1) is 23.7. The predicted octanol–water partition coefficient (Wildman–Crippen LogP) is 9.63. The third kappa shape index (κ3) is 3.94. The molecule has 0 saturated carbocycles. The maximum absolute atomic E-state index is 6.32. The molecule has 0 aliphatic heterocycles. The molecule has 0 radical (unpaired) electrons. The van der Waals surface area contributed by atoms with E-state index in [1.165, 1.54) is 10.8 Å². The van der Waals surface area contributed by atoms with E-state index in [0.29, 0.717) is 23.1 Å². The lowest BCUT2D eigenvalue weighted by molar-refractivity contribution is 0.668. The maximum atomic E-state index is 6.32. The Hall–Kier alpha value is -5.94. The van der Waals surface area contributed by atoms with Gasteiger partial charge in [0.2, 0.25) is 0 Å². The zero-order valence-corrected chi connectivity index (χ0v) is 22.9. The summed E-state index contributed by atoms with van der Waals surface area (Å²) in [6, 6.07) is 43.6. The highest BCUT2D eigenvalue weighted by molar-refractivity contribution is 6.17. The lowest BCUT2D eigenvalue weighted by Gasteiger charge is -2.09. The molecule has 0 fully saturated rings. The van der Waals surface area contributed by atoms with Crippen molar-refractivity contribution in [3.05, 3.63) is 134 Å². The maximum Gasteiger partial charge on any atom is 0.165 e. The van der Waals surface area contributed by atoms with Crippen LogP contribution in [0.4, 0.5) is 0 Å². The van der Waals surface area contributed by atoms with Gasteiger partial charge in [-0.15, -0.1) is 0 Å². The molecular weight excluding hydrogens is 528 g/mol. The molecule has 5 nitrogen and oxygen atoms in total. The topological polar surface area (TPSA) is 64.7 Å². The minimum Gasteiger partial charge on any atom is -0.454 e. The molecule has 0 atom stereocenters. The number of hydrogen-bond acceptors (Lipinski definition) is 5. The van der Waals surface area contributed by atoms with Crippen molar-refractivity contribution in [1.29, 1.82) is 0 Å². The van der Waals surface area contributed by atoms with E-state index >= 15 is 0 Å². The van der Waals surface area contributed by atoms with E-state index in [-0.39, 0.29) is 0 Å². The van der Waals surface area contributed by atoms with Crippen LogP contribution >= 0.6 is 0 Å². The summed E-state index contributed by atoms with van der Waals surface area (Å²) in [5.41, 5.74) is 4.95. The van der Waals surface area contributed by atoms with Gasteiger partial charge < -0.3 is 4.42 Å². The van der Waals surface area contributed by atoms with Crippen LogP contribution in [0.5, 0.6) is 0 Å². The molecule has 0 N–H and O–H groups in total. The molecule has 0 aliphatic carbocycles. The normalized spacial score (nSPS) is 11.7. The van der Waals surface area contributed by atoms with Crippen molar-refractivity contribution in [2.45, 2.75) is 0 Å². The number of aromatic nitrogens is 4. The second kappa shape index (κ2) is 9.29. The van der Waals surface area contributed by atoms with Crippen molar-refractivity contribution in [3.63, 3.8) is 0 Å². The molecule has 0 bridgehead atoms. The van der Waals surface area contributed by atoms with Gasteiger partial charge in [-0.05, 0) is 56.6 Å². The minimum absolute atomic E-state index is 0.543. The Bertz CT molecular complexity index is 2430. The first-order chi connectivity index (χ1) is 21.3. The largest absolute Gasteiger partial charge is 0.454 e. The summed E-state index contributed by atoms with van der Waals surface area (Å²) < 4.78 is 6.32. The van der Waals surface area contributed by atoms with E-state index < -0.39 is 0 Å². The van der Waals surface area contributed by atoms with Gasteiger partial charge in [0, 0.05) is 22.9 Å². The lowest BCUT2D eigenvalue weighted by Crippen LogP contribution is -2.00. The van der Waals surface area contributed by atoms with Crippen LogP contribution in [-0.4, -0.2) is 19.9 Å². The Labute approximate surface area is 246 Å². The Morgan fingerprint density at radius 2 is 0.953 bits per heavy atom. The van der Waals surface area contributed by atoms with Gasteiger partial charge in [0.25, 0.3) is 0 Å². The van der Waals surface area contributed by atoms with Gasteiger partial charge in [-0.1, -0.05) is 103 Å². The molecule has 3 heterocycles. The first-order valence-electron chi connectivity index (χ1n) is 14.2. The zero-order valence-electron chi connectivity index (χ0n) is 22.9. The van der Waals surface area contributed by atoms with Gasteiger partial charge in [-0.3, -0.25) is 4.98 Å². The highest BCUT2D eigenvalue weighted by atomic mass is 16.3. The number of rotatable bonds is 3. The third-order valence-electron chi connectivity index (χ3n) is 8.11. The van der Waals surface area contributed by atoms with Crippen LogP contribution < -0.4 is 0 Å². The van der Waals surface area contributed by atoms with Crippen molar-refractivity contribution in [1.82, 2.24) is 19.9 Å². The fraction of sp³-hybridized carbons (Fsp3) is 0. The monoisotopic (exact) mass is 550 g/mol. The molecular formula is C38H22N4O. The van der Waals surface area contributed by atoms with Crippen LogP contribution in [0.15, 0.2) is 138 Å². The van der Waals surface area contributed by atoms with Gasteiger partial charge in [0.1, 0.15) is 11.1 Å². The molecule has 5 heteroatoms. The van der Waals surface area contributed by atoms with Crippen molar-refractivity contribution >= 4 is 54.4 Å². The minimum atomic E-state index is 0.543. The number of nitrogens with zero attached hydrogens (tertiary/aromatic N) is 4. The van der Waals surface area contributed by atoms with Crippen molar-refractivity contribution in [2.24, 2.45) is 0 Å². The molecule has 0 amide bonds. The molecule has 0 aliphatic rings. The van der Waals surface area contributed by atoms with Crippen LogP contribution in [0, 0.1) is 0 Å². The Kier molecular flexibility index (Phi) is 5.13. The summed E-state index contributed by atoms with van der Waals surface area (Å²) in [6.07, 6.45) is 1.84. The highest BCUT2D eigenvalue weighted by Gasteiger charge is 2.17. The SMILES string of the molecule is c1ccc2cc(-c3nc(-c4ccc5ccccc5c4)nc(-c4cnc5c(c4)oc4ccc6ccccc6c45)n3)ccc2c1. The molecule has 200 valence electrons. The molecule has 0 saturated heterocycles. The number of furan rings is 1. The first-order valence-corrected chi connectivity index (χ1v) is 14.2. The van der Waals surface area contributed by atoms with E-state index in [1.807, 2.05) is 54.7 Å². The molecule has 0 unspecified atom stereocenters. The second-order valence-corrected chi connectivity index (χ2v) is 10.8. The molecule has 6 aromatic carbocycles. The summed E-state index contributed by atoms with van der Waals surface area (Å²) in [5, 5.41) is 7.89. The lowest BCUT2D eigenvalue weighted by atomic mass is 10.1. The van der Waals surface area contributed by atoms with E-state index in [4.69, 9.17) is 24.4 Å². The molecule has 3 aromatic heterocycles. The number of fused-ring (bicyclic) bond motifs is 7. The van der Waals surface area contributed by atoms with Crippen molar-refractivity contribution < 1.29 is 4.42 Å². The third-order valence-corrected chi connectivity index (χ3v) is 8.11. The van der Waals surface area contributed by atoms with Gasteiger partial charge in [-0.2, -0.15) is 0 Å². The van der Waals surface area contributed by atoms with Gasteiger partial charge in [-0.25, -0.2) is 15.0 Å². The van der Waals surface area contributed by atoms with E-state index in [2.05, 4.69) is 78.9 Å².